The summed E-state index contributed by atoms with van der Waals surface area (Å²) in [5.41, 5.74) is 0. The Kier molecular flexibility index (Phi) is 4.95. The van der Waals surface area contributed by atoms with Crippen molar-refractivity contribution in [3.05, 3.63) is 5.89 Å². The number of hydrogen-bond acceptors (Lipinski definition) is 6. The quantitative estimate of drug-likeness (QED) is 0.682. The first-order chi connectivity index (χ1) is 8.83. The summed E-state index contributed by atoms with van der Waals surface area (Å²) in [6.45, 7) is 4.25. The van der Waals surface area contributed by atoms with Gasteiger partial charge in [-0.25, -0.2) is 0 Å². The molecule has 0 aromatic carbocycles. The third kappa shape index (κ3) is 3.96. The van der Waals surface area contributed by atoms with E-state index in [1.807, 2.05) is 4.90 Å². The summed E-state index contributed by atoms with van der Waals surface area (Å²) in [6.07, 6.45) is 4.65. The van der Waals surface area contributed by atoms with Gasteiger partial charge >= 0.3 is 6.01 Å². The monoisotopic (exact) mass is 254 g/mol. The van der Waals surface area contributed by atoms with Crippen LogP contribution in [0.3, 0.4) is 0 Å². The summed E-state index contributed by atoms with van der Waals surface area (Å²) in [7, 11) is 0. The maximum absolute atomic E-state index is 9.04. The molecule has 6 nitrogen and oxygen atoms in total. The molecular weight excluding hydrogens is 232 g/mol. The van der Waals surface area contributed by atoms with E-state index in [2.05, 4.69) is 22.4 Å². The van der Waals surface area contributed by atoms with E-state index in [0.29, 0.717) is 31.0 Å². The number of aromatic nitrogens is 2. The van der Waals surface area contributed by atoms with Crippen LogP contribution in [0.4, 0.5) is 6.01 Å². The molecule has 6 heteroatoms. The van der Waals surface area contributed by atoms with E-state index < -0.39 is 0 Å². The van der Waals surface area contributed by atoms with E-state index in [4.69, 9.17) is 9.52 Å². The third-order valence-corrected chi connectivity index (χ3v) is 3.00. The lowest BCUT2D eigenvalue weighted by atomic mass is 10.3. The standard InChI is InChI=1S/C12H22N4O2/c1-2-3-6-16(7-8-17)12-15-14-11(18-12)9-13-10-4-5-10/h10,13,17H,2-9H2,1H3. The van der Waals surface area contributed by atoms with Crippen LogP contribution in [0.2, 0.25) is 0 Å². The Morgan fingerprint density at radius 3 is 2.89 bits per heavy atom. The first-order valence-electron chi connectivity index (χ1n) is 6.75. The number of nitrogens with one attached hydrogen (secondary N) is 1. The Morgan fingerprint density at radius 1 is 1.39 bits per heavy atom. The molecule has 0 aliphatic heterocycles. The molecule has 0 radical (unpaired) electrons. The molecule has 0 unspecified atom stereocenters. The molecule has 0 saturated heterocycles. The zero-order chi connectivity index (χ0) is 12.8. The number of hydrogen-bond donors (Lipinski definition) is 2. The minimum Gasteiger partial charge on any atom is -0.407 e. The second-order valence-electron chi connectivity index (χ2n) is 4.70. The largest absolute Gasteiger partial charge is 0.407 e. The van der Waals surface area contributed by atoms with Gasteiger partial charge in [0.15, 0.2) is 0 Å². The van der Waals surface area contributed by atoms with Crippen molar-refractivity contribution >= 4 is 6.01 Å². The molecular formula is C12H22N4O2. The predicted octanol–water partition coefficient (Wildman–Crippen LogP) is 0.920. The first kappa shape index (κ1) is 13.3. The molecule has 1 aromatic heterocycles. The lowest BCUT2D eigenvalue weighted by Crippen LogP contribution is -2.28. The Balaban J connectivity index is 1.87. The fourth-order valence-corrected chi connectivity index (χ4v) is 1.74. The summed E-state index contributed by atoms with van der Waals surface area (Å²) < 4.78 is 5.60. The summed E-state index contributed by atoms with van der Waals surface area (Å²) in [5, 5.41) is 20.5. The van der Waals surface area contributed by atoms with Crippen LogP contribution < -0.4 is 10.2 Å². The van der Waals surface area contributed by atoms with E-state index in [-0.39, 0.29) is 6.61 Å². The van der Waals surface area contributed by atoms with E-state index in [1.165, 1.54) is 12.8 Å². The van der Waals surface area contributed by atoms with E-state index in [9.17, 15) is 0 Å². The molecule has 2 rings (SSSR count). The minimum absolute atomic E-state index is 0.0990. The molecule has 0 amide bonds. The van der Waals surface area contributed by atoms with Gasteiger partial charge in [0, 0.05) is 19.1 Å². The molecule has 18 heavy (non-hydrogen) atoms. The van der Waals surface area contributed by atoms with Gasteiger partial charge in [-0.2, -0.15) is 0 Å². The molecule has 0 spiro atoms. The van der Waals surface area contributed by atoms with Crippen molar-refractivity contribution in [1.29, 1.82) is 0 Å². The number of aliphatic hydroxyl groups is 1. The van der Waals surface area contributed by atoms with Gasteiger partial charge in [0.2, 0.25) is 5.89 Å². The number of nitrogens with zero attached hydrogens (tertiary/aromatic N) is 3. The second-order valence-corrected chi connectivity index (χ2v) is 4.70. The van der Waals surface area contributed by atoms with Gasteiger partial charge < -0.3 is 19.7 Å². The van der Waals surface area contributed by atoms with Crippen molar-refractivity contribution in [2.75, 3.05) is 24.6 Å². The fraction of sp³-hybridized carbons (Fsp3) is 0.833. The minimum atomic E-state index is 0.0990. The zero-order valence-electron chi connectivity index (χ0n) is 10.9. The van der Waals surface area contributed by atoms with Crippen LogP contribution in [0, 0.1) is 0 Å². The van der Waals surface area contributed by atoms with Crippen LogP contribution in [0.5, 0.6) is 0 Å². The highest BCUT2D eigenvalue weighted by atomic mass is 16.4. The van der Waals surface area contributed by atoms with Crippen LogP contribution in [0.25, 0.3) is 0 Å². The van der Waals surface area contributed by atoms with Gasteiger partial charge in [-0.3, -0.25) is 0 Å². The molecule has 1 aromatic rings. The van der Waals surface area contributed by atoms with Crippen LogP contribution in [-0.2, 0) is 6.54 Å². The number of rotatable bonds is 9. The Hall–Kier alpha value is -1.14. The smallest absolute Gasteiger partial charge is 0.318 e. The summed E-state index contributed by atoms with van der Waals surface area (Å²) >= 11 is 0. The van der Waals surface area contributed by atoms with E-state index in [0.717, 1.165) is 19.4 Å². The van der Waals surface area contributed by atoms with Crippen molar-refractivity contribution in [1.82, 2.24) is 15.5 Å². The molecule has 1 aliphatic rings. The summed E-state index contributed by atoms with van der Waals surface area (Å²) in [5.74, 6) is 0.622. The average Bonchev–Trinajstić information content (AvgIpc) is 3.10. The predicted molar refractivity (Wildman–Crippen MR) is 68.4 cm³/mol. The highest BCUT2D eigenvalue weighted by molar-refractivity contribution is 5.23. The van der Waals surface area contributed by atoms with Crippen molar-refractivity contribution in [3.8, 4) is 0 Å². The Bertz CT molecular complexity index is 352. The number of unbranched alkanes of at least 4 members (excludes halogenated alkanes) is 1. The van der Waals surface area contributed by atoms with Gasteiger partial charge in [-0.05, 0) is 19.3 Å². The van der Waals surface area contributed by atoms with Gasteiger partial charge in [-0.15, -0.1) is 5.10 Å². The summed E-state index contributed by atoms with van der Waals surface area (Å²) in [6, 6.07) is 1.15. The number of anilines is 1. The first-order valence-corrected chi connectivity index (χ1v) is 6.75. The maximum atomic E-state index is 9.04. The molecule has 1 aliphatic carbocycles. The normalized spacial score (nSPS) is 15.0. The Morgan fingerprint density at radius 2 is 2.22 bits per heavy atom. The van der Waals surface area contributed by atoms with Gasteiger partial charge in [-0.1, -0.05) is 18.4 Å². The number of aliphatic hydroxyl groups excluding tert-OH is 1. The van der Waals surface area contributed by atoms with Gasteiger partial charge in [0.05, 0.1) is 13.2 Å². The van der Waals surface area contributed by atoms with Crippen molar-refractivity contribution in [3.63, 3.8) is 0 Å². The van der Waals surface area contributed by atoms with Crippen LogP contribution in [0.1, 0.15) is 38.5 Å². The van der Waals surface area contributed by atoms with Crippen molar-refractivity contribution in [2.24, 2.45) is 0 Å². The lowest BCUT2D eigenvalue weighted by Gasteiger charge is -2.18. The fourth-order valence-electron chi connectivity index (χ4n) is 1.74. The Labute approximate surface area is 107 Å². The average molecular weight is 254 g/mol. The highest BCUT2D eigenvalue weighted by Gasteiger charge is 2.21. The van der Waals surface area contributed by atoms with Gasteiger partial charge in [0.1, 0.15) is 0 Å². The third-order valence-electron chi connectivity index (χ3n) is 3.00. The lowest BCUT2D eigenvalue weighted by molar-refractivity contribution is 0.297. The van der Waals surface area contributed by atoms with Crippen LogP contribution >= 0.6 is 0 Å². The van der Waals surface area contributed by atoms with Crippen molar-refractivity contribution in [2.45, 2.75) is 45.2 Å². The maximum Gasteiger partial charge on any atom is 0.318 e. The SMILES string of the molecule is CCCCN(CCO)c1nnc(CNC2CC2)o1. The molecule has 2 N–H and O–H groups in total. The zero-order valence-corrected chi connectivity index (χ0v) is 10.9. The second kappa shape index (κ2) is 6.70. The highest BCUT2D eigenvalue weighted by Crippen LogP contribution is 2.19. The molecule has 0 atom stereocenters. The molecule has 102 valence electrons. The van der Waals surface area contributed by atoms with E-state index >= 15 is 0 Å². The molecule has 0 bridgehead atoms. The molecule has 1 saturated carbocycles. The topological polar surface area (TPSA) is 74.4 Å². The van der Waals surface area contributed by atoms with Gasteiger partial charge in [0.25, 0.3) is 0 Å². The van der Waals surface area contributed by atoms with E-state index in [1.54, 1.807) is 0 Å². The molecule has 1 fully saturated rings. The van der Waals surface area contributed by atoms with Crippen LogP contribution in [0.15, 0.2) is 4.42 Å². The van der Waals surface area contributed by atoms with Crippen LogP contribution in [-0.4, -0.2) is 41.0 Å². The molecule has 1 heterocycles. The summed E-state index contributed by atoms with van der Waals surface area (Å²) in [4.78, 5) is 1.94. The van der Waals surface area contributed by atoms with Crippen molar-refractivity contribution < 1.29 is 9.52 Å².